The first kappa shape index (κ1) is 14.6. The number of imidazole rings is 1. The Labute approximate surface area is 119 Å². The van der Waals surface area contributed by atoms with Gasteiger partial charge in [0, 0.05) is 6.54 Å². The van der Waals surface area contributed by atoms with E-state index in [1.807, 2.05) is 0 Å². The van der Waals surface area contributed by atoms with E-state index in [9.17, 15) is 0 Å². The summed E-state index contributed by atoms with van der Waals surface area (Å²) in [4.78, 5) is 16.0. The summed E-state index contributed by atoms with van der Waals surface area (Å²) in [7, 11) is 0. The molecular weight excluding hydrogens is 254 g/mol. The standard InChI is InChI=1S/C14H23N5O/c1-3-5-6-7-9-20-13-11-12(17-10-16-11)18-14(19-13)15-8-4-2/h10H,3-9H2,1-2H3,(H2,15,16,17,18,19). The van der Waals surface area contributed by atoms with Crippen LogP contribution in [0.25, 0.3) is 11.2 Å². The molecule has 2 N–H and O–H groups in total. The van der Waals surface area contributed by atoms with Gasteiger partial charge in [-0.3, -0.25) is 0 Å². The fourth-order valence-corrected chi connectivity index (χ4v) is 1.92. The van der Waals surface area contributed by atoms with E-state index in [0.29, 0.717) is 24.1 Å². The highest BCUT2D eigenvalue weighted by atomic mass is 16.5. The van der Waals surface area contributed by atoms with Crippen molar-refractivity contribution in [1.82, 2.24) is 19.9 Å². The predicted molar refractivity (Wildman–Crippen MR) is 80.1 cm³/mol. The quantitative estimate of drug-likeness (QED) is 0.689. The molecule has 2 heterocycles. The van der Waals surface area contributed by atoms with Crippen LogP contribution in [0.3, 0.4) is 0 Å². The van der Waals surface area contributed by atoms with Crippen molar-refractivity contribution in [1.29, 1.82) is 0 Å². The molecule has 2 rings (SSSR count). The van der Waals surface area contributed by atoms with Crippen molar-refractivity contribution in [3.8, 4) is 5.88 Å². The van der Waals surface area contributed by atoms with Crippen molar-refractivity contribution in [3.05, 3.63) is 6.33 Å². The average Bonchev–Trinajstić information content (AvgIpc) is 2.93. The minimum atomic E-state index is 0.579. The third kappa shape index (κ3) is 3.82. The Hall–Kier alpha value is -1.85. The van der Waals surface area contributed by atoms with Crippen molar-refractivity contribution in [2.75, 3.05) is 18.5 Å². The number of aromatic amines is 1. The normalized spacial score (nSPS) is 10.9. The van der Waals surface area contributed by atoms with Gasteiger partial charge in [0.15, 0.2) is 5.65 Å². The van der Waals surface area contributed by atoms with Gasteiger partial charge < -0.3 is 15.0 Å². The fraction of sp³-hybridized carbons (Fsp3) is 0.643. The molecule has 0 saturated carbocycles. The molecule has 0 amide bonds. The molecule has 110 valence electrons. The van der Waals surface area contributed by atoms with Crippen LogP contribution in [0, 0.1) is 0 Å². The maximum Gasteiger partial charge on any atom is 0.245 e. The van der Waals surface area contributed by atoms with Gasteiger partial charge >= 0.3 is 0 Å². The second kappa shape index (κ2) is 7.67. The Morgan fingerprint density at radius 2 is 2.05 bits per heavy atom. The lowest BCUT2D eigenvalue weighted by Gasteiger charge is -2.08. The summed E-state index contributed by atoms with van der Waals surface area (Å²) in [5.74, 6) is 1.16. The summed E-state index contributed by atoms with van der Waals surface area (Å²) in [5, 5.41) is 3.17. The lowest BCUT2D eigenvalue weighted by Crippen LogP contribution is -2.07. The van der Waals surface area contributed by atoms with Crippen LogP contribution in [0.1, 0.15) is 46.0 Å². The average molecular weight is 277 g/mol. The molecule has 6 nitrogen and oxygen atoms in total. The van der Waals surface area contributed by atoms with E-state index in [1.165, 1.54) is 19.3 Å². The number of anilines is 1. The number of nitrogens with one attached hydrogen (secondary N) is 2. The molecule has 0 unspecified atom stereocenters. The predicted octanol–water partition coefficient (Wildman–Crippen LogP) is 3.13. The zero-order chi connectivity index (χ0) is 14.2. The molecule has 0 fully saturated rings. The van der Waals surface area contributed by atoms with Crippen LogP contribution >= 0.6 is 0 Å². The largest absolute Gasteiger partial charge is 0.476 e. The lowest BCUT2D eigenvalue weighted by molar-refractivity contribution is 0.297. The highest BCUT2D eigenvalue weighted by molar-refractivity contribution is 5.76. The zero-order valence-electron chi connectivity index (χ0n) is 12.3. The number of aromatic nitrogens is 4. The third-order valence-corrected chi connectivity index (χ3v) is 3.02. The molecule has 2 aromatic rings. The van der Waals surface area contributed by atoms with E-state index in [4.69, 9.17) is 4.74 Å². The molecule has 0 aliphatic rings. The van der Waals surface area contributed by atoms with E-state index in [2.05, 4.69) is 39.1 Å². The van der Waals surface area contributed by atoms with E-state index in [0.717, 1.165) is 24.9 Å². The van der Waals surface area contributed by atoms with E-state index >= 15 is 0 Å². The number of nitrogens with zero attached hydrogens (tertiary/aromatic N) is 3. The molecule has 0 atom stereocenters. The van der Waals surface area contributed by atoms with Crippen LogP contribution in [0.5, 0.6) is 5.88 Å². The van der Waals surface area contributed by atoms with Crippen molar-refractivity contribution in [2.24, 2.45) is 0 Å². The molecule has 0 aromatic carbocycles. The van der Waals surface area contributed by atoms with Crippen LogP contribution in [0.15, 0.2) is 6.33 Å². The van der Waals surface area contributed by atoms with Crippen molar-refractivity contribution < 1.29 is 4.74 Å². The number of ether oxygens (including phenoxy) is 1. The Morgan fingerprint density at radius 1 is 1.15 bits per heavy atom. The highest BCUT2D eigenvalue weighted by Gasteiger charge is 2.10. The van der Waals surface area contributed by atoms with E-state index < -0.39 is 0 Å². The minimum absolute atomic E-state index is 0.579. The van der Waals surface area contributed by atoms with Crippen molar-refractivity contribution in [2.45, 2.75) is 46.0 Å². The molecule has 0 spiro atoms. The minimum Gasteiger partial charge on any atom is -0.476 e. The van der Waals surface area contributed by atoms with Crippen LogP contribution in [-0.2, 0) is 0 Å². The van der Waals surface area contributed by atoms with Crippen molar-refractivity contribution in [3.63, 3.8) is 0 Å². The van der Waals surface area contributed by atoms with E-state index in [-0.39, 0.29) is 0 Å². The van der Waals surface area contributed by atoms with Gasteiger partial charge in [-0.05, 0) is 12.8 Å². The number of hydrogen-bond donors (Lipinski definition) is 2. The summed E-state index contributed by atoms with van der Waals surface area (Å²) in [6.45, 7) is 5.82. The van der Waals surface area contributed by atoms with Gasteiger partial charge in [-0.15, -0.1) is 0 Å². The van der Waals surface area contributed by atoms with Crippen LogP contribution < -0.4 is 10.1 Å². The molecule has 0 aliphatic carbocycles. The second-order valence-electron chi connectivity index (χ2n) is 4.79. The second-order valence-corrected chi connectivity index (χ2v) is 4.79. The Morgan fingerprint density at radius 3 is 2.85 bits per heavy atom. The number of rotatable bonds is 9. The number of unbranched alkanes of at least 4 members (excludes halogenated alkanes) is 3. The lowest BCUT2D eigenvalue weighted by atomic mass is 10.2. The van der Waals surface area contributed by atoms with Gasteiger partial charge in [0.2, 0.25) is 11.8 Å². The van der Waals surface area contributed by atoms with E-state index in [1.54, 1.807) is 6.33 Å². The topological polar surface area (TPSA) is 75.7 Å². The summed E-state index contributed by atoms with van der Waals surface area (Å²) in [6, 6.07) is 0. The van der Waals surface area contributed by atoms with Crippen LogP contribution in [-0.4, -0.2) is 33.1 Å². The molecule has 0 radical (unpaired) electrons. The van der Waals surface area contributed by atoms with Crippen LogP contribution in [0.4, 0.5) is 5.95 Å². The van der Waals surface area contributed by atoms with Gasteiger partial charge in [0.25, 0.3) is 0 Å². The SMILES string of the molecule is CCCCCCOc1nc(NCCC)nc2nc[nH]c12. The first-order valence-corrected chi connectivity index (χ1v) is 7.43. The Balaban J connectivity index is 2.03. The maximum atomic E-state index is 5.78. The van der Waals surface area contributed by atoms with Crippen LogP contribution in [0.2, 0.25) is 0 Å². The summed E-state index contributed by atoms with van der Waals surface area (Å²) >= 11 is 0. The highest BCUT2D eigenvalue weighted by Crippen LogP contribution is 2.21. The molecule has 20 heavy (non-hydrogen) atoms. The first-order chi connectivity index (χ1) is 9.85. The monoisotopic (exact) mass is 277 g/mol. The molecule has 6 heteroatoms. The van der Waals surface area contributed by atoms with Gasteiger partial charge in [-0.25, -0.2) is 4.98 Å². The fourth-order valence-electron chi connectivity index (χ4n) is 1.92. The number of hydrogen-bond acceptors (Lipinski definition) is 5. The number of fused-ring (bicyclic) bond motifs is 1. The Bertz CT molecular complexity index is 525. The first-order valence-electron chi connectivity index (χ1n) is 7.43. The van der Waals surface area contributed by atoms with Gasteiger partial charge in [-0.2, -0.15) is 9.97 Å². The molecule has 0 aliphatic heterocycles. The smallest absolute Gasteiger partial charge is 0.245 e. The molecule has 0 saturated heterocycles. The number of H-pyrrole nitrogens is 1. The zero-order valence-corrected chi connectivity index (χ0v) is 12.3. The summed E-state index contributed by atoms with van der Waals surface area (Å²) in [5.41, 5.74) is 1.41. The van der Waals surface area contributed by atoms with Gasteiger partial charge in [0.05, 0.1) is 12.9 Å². The summed E-state index contributed by atoms with van der Waals surface area (Å²) < 4.78 is 5.78. The molecule has 2 aromatic heterocycles. The Kier molecular flexibility index (Phi) is 5.58. The summed E-state index contributed by atoms with van der Waals surface area (Å²) in [6.07, 6.45) is 7.35. The van der Waals surface area contributed by atoms with Gasteiger partial charge in [-0.1, -0.05) is 33.1 Å². The van der Waals surface area contributed by atoms with Gasteiger partial charge in [0.1, 0.15) is 5.52 Å². The maximum absolute atomic E-state index is 5.78. The van der Waals surface area contributed by atoms with Crippen molar-refractivity contribution >= 4 is 17.1 Å². The molecular formula is C14H23N5O. The third-order valence-electron chi connectivity index (χ3n) is 3.02. The molecule has 0 bridgehead atoms.